The molecule has 0 unspecified atom stereocenters. The third kappa shape index (κ3) is 5.25. The molecule has 2 nitrogen and oxygen atoms in total. The van der Waals surface area contributed by atoms with Crippen LogP contribution in [0.25, 0.3) is 0 Å². The summed E-state index contributed by atoms with van der Waals surface area (Å²) in [6, 6.07) is 3.57. The zero-order valence-corrected chi connectivity index (χ0v) is 11.1. The van der Waals surface area contributed by atoms with Gasteiger partial charge in [-0.1, -0.05) is 32.1 Å². The largest absolute Gasteiger partial charge is 0.298 e. The fraction of sp³-hybridized carbons (Fsp3) is 0.333. The number of rotatable bonds is 4. The molecule has 0 saturated heterocycles. The van der Waals surface area contributed by atoms with Gasteiger partial charge in [0.05, 0.1) is 5.69 Å². The van der Waals surface area contributed by atoms with Gasteiger partial charge in [-0.25, -0.2) is 0 Å². The molecule has 1 aromatic rings. The van der Waals surface area contributed by atoms with Crippen LogP contribution in [0.15, 0.2) is 42.1 Å². The maximum absolute atomic E-state index is 10.8. The van der Waals surface area contributed by atoms with Crippen molar-refractivity contribution in [1.29, 1.82) is 0 Å². The second-order valence-electron chi connectivity index (χ2n) is 3.20. The quantitative estimate of drug-likeness (QED) is 0.579. The molecule has 2 heteroatoms. The van der Waals surface area contributed by atoms with Gasteiger partial charge >= 0.3 is 0 Å². The number of hydrogen-bond donors (Lipinski definition) is 0. The molecule has 1 rings (SSSR count). The van der Waals surface area contributed by atoms with Crippen LogP contribution >= 0.6 is 0 Å². The SMILES string of the molecule is C/C=C\C(=C/C)Cc1ncccc1C=O.CC. The van der Waals surface area contributed by atoms with Crippen LogP contribution in [0.1, 0.15) is 43.7 Å². The molecule has 0 aliphatic rings. The predicted octanol–water partition coefficient (Wildman–Crippen LogP) is 3.99. The zero-order valence-electron chi connectivity index (χ0n) is 11.1. The molecule has 1 heterocycles. The molecular weight excluding hydrogens is 210 g/mol. The highest BCUT2D eigenvalue weighted by Crippen LogP contribution is 2.10. The van der Waals surface area contributed by atoms with Gasteiger partial charge in [0.25, 0.3) is 0 Å². The minimum absolute atomic E-state index is 0.668. The predicted molar refractivity (Wildman–Crippen MR) is 73.2 cm³/mol. The van der Waals surface area contributed by atoms with Crippen molar-refractivity contribution in [1.82, 2.24) is 4.98 Å². The van der Waals surface area contributed by atoms with Crippen molar-refractivity contribution in [2.24, 2.45) is 0 Å². The Bertz CT molecular complexity index is 392. The van der Waals surface area contributed by atoms with E-state index in [9.17, 15) is 4.79 Å². The summed E-state index contributed by atoms with van der Waals surface area (Å²) in [7, 11) is 0. The molecule has 0 saturated carbocycles. The first-order valence-electron chi connectivity index (χ1n) is 5.98. The van der Waals surface area contributed by atoms with Crippen molar-refractivity contribution in [3.05, 3.63) is 53.4 Å². The van der Waals surface area contributed by atoms with Crippen LogP contribution in [0, 0.1) is 0 Å². The average Bonchev–Trinajstić information content (AvgIpc) is 2.41. The molecule has 92 valence electrons. The molecule has 0 amide bonds. The van der Waals surface area contributed by atoms with Gasteiger partial charge in [-0.15, -0.1) is 0 Å². The fourth-order valence-electron chi connectivity index (χ4n) is 1.37. The van der Waals surface area contributed by atoms with E-state index < -0.39 is 0 Å². The molecule has 0 aliphatic carbocycles. The van der Waals surface area contributed by atoms with E-state index in [0.717, 1.165) is 12.0 Å². The van der Waals surface area contributed by atoms with E-state index in [0.29, 0.717) is 12.0 Å². The van der Waals surface area contributed by atoms with E-state index in [1.807, 2.05) is 45.9 Å². The van der Waals surface area contributed by atoms with Crippen LogP contribution < -0.4 is 0 Å². The summed E-state index contributed by atoms with van der Waals surface area (Å²) in [5.74, 6) is 0. The summed E-state index contributed by atoms with van der Waals surface area (Å²) in [6.07, 6.45) is 9.32. The highest BCUT2D eigenvalue weighted by atomic mass is 16.1. The minimum Gasteiger partial charge on any atom is -0.298 e. The Morgan fingerprint density at radius 3 is 2.59 bits per heavy atom. The van der Waals surface area contributed by atoms with Gasteiger partial charge in [-0.2, -0.15) is 0 Å². The number of aromatic nitrogens is 1. The van der Waals surface area contributed by atoms with Crippen molar-refractivity contribution < 1.29 is 4.79 Å². The van der Waals surface area contributed by atoms with Gasteiger partial charge in [0.1, 0.15) is 0 Å². The molecule has 0 radical (unpaired) electrons. The first kappa shape index (κ1) is 15.3. The first-order valence-corrected chi connectivity index (χ1v) is 5.98. The summed E-state index contributed by atoms with van der Waals surface area (Å²) >= 11 is 0. The number of carbonyl (C=O) groups is 1. The molecule has 0 fully saturated rings. The van der Waals surface area contributed by atoms with Gasteiger partial charge in [0.15, 0.2) is 6.29 Å². The Balaban J connectivity index is 0.00000121. The number of pyridine rings is 1. The normalized spacial score (nSPS) is 10.9. The Morgan fingerprint density at radius 2 is 2.06 bits per heavy atom. The maximum atomic E-state index is 10.8. The van der Waals surface area contributed by atoms with Crippen molar-refractivity contribution in [3.63, 3.8) is 0 Å². The summed E-state index contributed by atoms with van der Waals surface area (Å²) in [4.78, 5) is 15.0. The lowest BCUT2D eigenvalue weighted by atomic mass is 10.1. The Labute approximate surface area is 104 Å². The maximum Gasteiger partial charge on any atom is 0.151 e. The highest BCUT2D eigenvalue weighted by Gasteiger charge is 2.02. The molecule has 0 N–H and O–H groups in total. The van der Waals surface area contributed by atoms with Crippen LogP contribution in [0.2, 0.25) is 0 Å². The van der Waals surface area contributed by atoms with Gasteiger partial charge in [0.2, 0.25) is 0 Å². The number of aldehydes is 1. The van der Waals surface area contributed by atoms with E-state index in [1.54, 1.807) is 18.3 Å². The molecule has 0 bridgehead atoms. The fourth-order valence-corrected chi connectivity index (χ4v) is 1.37. The van der Waals surface area contributed by atoms with Gasteiger partial charge < -0.3 is 0 Å². The molecule has 0 spiro atoms. The van der Waals surface area contributed by atoms with Crippen LogP contribution in [0.3, 0.4) is 0 Å². The van der Waals surface area contributed by atoms with Crippen molar-refractivity contribution >= 4 is 6.29 Å². The minimum atomic E-state index is 0.668. The van der Waals surface area contributed by atoms with Crippen molar-refractivity contribution in [3.8, 4) is 0 Å². The van der Waals surface area contributed by atoms with Gasteiger partial charge in [-0.3, -0.25) is 9.78 Å². The lowest BCUT2D eigenvalue weighted by Crippen LogP contribution is -1.97. The zero-order chi connectivity index (χ0) is 13.1. The first-order chi connectivity index (χ1) is 8.31. The third-order valence-electron chi connectivity index (χ3n) is 2.18. The smallest absolute Gasteiger partial charge is 0.151 e. The van der Waals surface area contributed by atoms with Gasteiger partial charge in [-0.05, 0) is 31.6 Å². The lowest BCUT2D eigenvalue weighted by Gasteiger charge is -2.03. The van der Waals surface area contributed by atoms with Crippen molar-refractivity contribution in [2.45, 2.75) is 34.1 Å². The summed E-state index contributed by atoms with van der Waals surface area (Å²) in [5.41, 5.74) is 2.67. The van der Waals surface area contributed by atoms with Crippen LogP contribution in [0.5, 0.6) is 0 Å². The van der Waals surface area contributed by atoms with Crippen LogP contribution in [0.4, 0.5) is 0 Å². The molecular formula is C15H21NO. The van der Waals surface area contributed by atoms with Crippen molar-refractivity contribution in [2.75, 3.05) is 0 Å². The second-order valence-corrected chi connectivity index (χ2v) is 3.20. The van der Waals surface area contributed by atoms with E-state index in [1.165, 1.54) is 5.57 Å². The average molecular weight is 231 g/mol. The van der Waals surface area contributed by atoms with Crippen LogP contribution in [-0.2, 0) is 6.42 Å². The number of allylic oxidation sites excluding steroid dienone is 4. The van der Waals surface area contributed by atoms with E-state index >= 15 is 0 Å². The standard InChI is InChI=1S/C13H15NO.C2H6/c1-3-6-11(4-2)9-13-12(10-15)7-5-8-14-13;1-2/h3-8,10H,9H2,1-2H3;1-2H3/b6-3-,11-4+;. The molecule has 0 atom stereocenters. The summed E-state index contributed by atoms with van der Waals surface area (Å²) in [6.45, 7) is 7.96. The Morgan fingerprint density at radius 1 is 1.35 bits per heavy atom. The molecule has 1 aromatic heterocycles. The van der Waals surface area contributed by atoms with Gasteiger partial charge in [0, 0.05) is 18.2 Å². The van der Waals surface area contributed by atoms with Crippen LogP contribution in [-0.4, -0.2) is 11.3 Å². The summed E-state index contributed by atoms with van der Waals surface area (Å²) in [5, 5.41) is 0. The number of nitrogens with zero attached hydrogens (tertiary/aromatic N) is 1. The Kier molecular flexibility index (Phi) is 8.57. The highest BCUT2D eigenvalue weighted by molar-refractivity contribution is 5.76. The summed E-state index contributed by atoms with van der Waals surface area (Å²) < 4.78 is 0. The third-order valence-corrected chi connectivity index (χ3v) is 2.18. The Hall–Kier alpha value is -1.70. The molecule has 0 aromatic carbocycles. The number of carbonyl (C=O) groups excluding carboxylic acids is 1. The van der Waals surface area contributed by atoms with E-state index in [4.69, 9.17) is 0 Å². The van der Waals surface area contributed by atoms with E-state index in [2.05, 4.69) is 4.98 Å². The molecule has 17 heavy (non-hydrogen) atoms. The van der Waals surface area contributed by atoms with E-state index in [-0.39, 0.29) is 0 Å². The topological polar surface area (TPSA) is 30.0 Å². The second kappa shape index (κ2) is 9.52. The monoisotopic (exact) mass is 231 g/mol. The lowest BCUT2D eigenvalue weighted by molar-refractivity contribution is 0.112. The molecule has 0 aliphatic heterocycles. The number of hydrogen-bond acceptors (Lipinski definition) is 2.